The molecule has 0 spiro atoms. The van der Waals surface area contributed by atoms with Crippen molar-refractivity contribution in [3.05, 3.63) is 164 Å². The molecule has 0 bridgehead atoms. The number of rotatable bonds is 8. The standard InChI is InChI=1S/C21H24N2O2.C21H20N2O2/c2*1-14-4-3-5-15(2)20(14)21(25)23-13-16-6-8-17(9-7-16)18-10-11-22-19(24)12-18/h3-9,18H,10-13H2,1-2H3,(H,22,24)(H,23,25);3-12H,13H2,1-2H3,(H,22,24)(H,23,25). The van der Waals surface area contributed by atoms with E-state index in [1.165, 1.54) is 5.56 Å². The van der Waals surface area contributed by atoms with Crippen LogP contribution < -0.4 is 21.5 Å². The van der Waals surface area contributed by atoms with Crippen LogP contribution in [0, 0.1) is 27.7 Å². The Morgan fingerprint density at radius 1 is 0.660 bits per heavy atom. The zero-order chi connectivity index (χ0) is 35.6. The maximum Gasteiger partial charge on any atom is 0.252 e. The molecule has 4 N–H and O–H groups in total. The van der Waals surface area contributed by atoms with Crippen molar-refractivity contribution >= 4 is 17.7 Å². The Morgan fingerprint density at radius 2 is 1.16 bits per heavy atom. The van der Waals surface area contributed by atoms with Gasteiger partial charge in [-0.3, -0.25) is 19.2 Å². The van der Waals surface area contributed by atoms with Crippen LogP contribution >= 0.6 is 0 Å². The van der Waals surface area contributed by atoms with E-state index in [4.69, 9.17) is 0 Å². The van der Waals surface area contributed by atoms with Crippen molar-refractivity contribution in [1.29, 1.82) is 0 Å². The monoisotopic (exact) mass is 668 g/mol. The second-order valence-corrected chi connectivity index (χ2v) is 12.8. The Bertz CT molecular complexity index is 1990. The summed E-state index contributed by atoms with van der Waals surface area (Å²) in [5, 5.41) is 8.84. The molecule has 3 amide bonds. The fourth-order valence-electron chi connectivity index (χ4n) is 6.30. The van der Waals surface area contributed by atoms with E-state index in [-0.39, 0.29) is 23.3 Å². The van der Waals surface area contributed by atoms with Gasteiger partial charge in [0.15, 0.2) is 0 Å². The Morgan fingerprint density at radius 3 is 1.64 bits per heavy atom. The lowest BCUT2D eigenvalue weighted by Crippen LogP contribution is -2.32. The number of carbonyl (C=O) groups excluding carboxylic acids is 3. The molecule has 50 heavy (non-hydrogen) atoms. The first-order chi connectivity index (χ1) is 24.1. The molecule has 1 aromatic heterocycles. The molecule has 4 aromatic carbocycles. The predicted molar refractivity (Wildman–Crippen MR) is 198 cm³/mol. The van der Waals surface area contributed by atoms with Crippen LogP contribution in [0.15, 0.2) is 108 Å². The quantitative estimate of drug-likeness (QED) is 0.145. The summed E-state index contributed by atoms with van der Waals surface area (Å²) in [6, 6.07) is 31.2. The van der Waals surface area contributed by atoms with Gasteiger partial charge in [0.1, 0.15) is 0 Å². The number of H-pyrrole nitrogens is 1. The lowest BCUT2D eigenvalue weighted by Gasteiger charge is -2.22. The molecule has 1 saturated heterocycles. The second-order valence-electron chi connectivity index (χ2n) is 12.8. The van der Waals surface area contributed by atoms with Crippen molar-refractivity contribution in [3.8, 4) is 11.1 Å². The van der Waals surface area contributed by atoms with Gasteiger partial charge >= 0.3 is 0 Å². The van der Waals surface area contributed by atoms with E-state index < -0.39 is 0 Å². The van der Waals surface area contributed by atoms with Crippen molar-refractivity contribution < 1.29 is 14.4 Å². The van der Waals surface area contributed by atoms with Crippen molar-refractivity contribution in [2.75, 3.05) is 6.54 Å². The fourth-order valence-corrected chi connectivity index (χ4v) is 6.30. The molecule has 0 saturated carbocycles. The van der Waals surface area contributed by atoms with Gasteiger partial charge in [0.25, 0.3) is 11.8 Å². The molecule has 1 aliphatic rings. The maximum absolute atomic E-state index is 12.5. The summed E-state index contributed by atoms with van der Waals surface area (Å²) in [6.45, 7) is 9.50. The highest BCUT2D eigenvalue weighted by molar-refractivity contribution is 5.97. The topological polar surface area (TPSA) is 120 Å². The minimum absolute atomic E-state index is 0.0383. The summed E-state index contributed by atoms with van der Waals surface area (Å²) >= 11 is 0. The highest BCUT2D eigenvalue weighted by Crippen LogP contribution is 2.26. The van der Waals surface area contributed by atoms with Gasteiger partial charge in [-0.05, 0) is 96.2 Å². The number of aryl methyl sites for hydroxylation is 4. The van der Waals surface area contributed by atoms with Gasteiger partial charge in [-0.2, -0.15) is 0 Å². The summed E-state index contributed by atoms with van der Waals surface area (Å²) in [7, 11) is 0. The molecule has 2 heterocycles. The van der Waals surface area contributed by atoms with Crippen molar-refractivity contribution in [2.45, 2.75) is 59.5 Å². The molecule has 256 valence electrons. The molecule has 8 nitrogen and oxygen atoms in total. The van der Waals surface area contributed by atoms with Crippen molar-refractivity contribution in [1.82, 2.24) is 20.9 Å². The molecule has 1 aliphatic heterocycles. The minimum Gasteiger partial charge on any atom is -0.356 e. The van der Waals surface area contributed by atoms with Gasteiger partial charge in [-0.25, -0.2) is 0 Å². The number of piperidine rings is 1. The predicted octanol–water partition coefficient (Wildman–Crippen LogP) is 6.82. The Hall–Kier alpha value is -5.76. The molecule has 1 fully saturated rings. The van der Waals surface area contributed by atoms with Crippen LogP contribution in [0.3, 0.4) is 0 Å². The third kappa shape index (κ3) is 9.23. The number of aromatic nitrogens is 1. The second kappa shape index (κ2) is 16.6. The van der Waals surface area contributed by atoms with Crippen LogP contribution in [0.5, 0.6) is 0 Å². The third-order valence-corrected chi connectivity index (χ3v) is 9.08. The highest BCUT2D eigenvalue weighted by Gasteiger charge is 2.20. The lowest BCUT2D eigenvalue weighted by atomic mass is 9.89. The summed E-state index contributed by atoms with van der Waals surface area (Å²) in [4.78, 5) is 50.4. The SMILES string of the molecule is Cc1cccc(C)c1C(=O)NCc1ccc(-c2cc[nH]c(=O)c2)cc1.Cc1cccc(C)c1C(=O)NCc1ccc(C2CCNC(=O)C2)cc1. The van der Waals surface area contributed by atoms with E-state index in [0.29, 0.717) is 25.4 Å². The first-order valence-corrected chi connectivity index (χ1v) is 16.9. The zero-order valence-electron chi connectivity index (χ0n) is 29.1. The van der Waals surface area contributed by atoms with E-state index in [2.05, 4.69) is 33.1 Å². The molecule has 1 atom stereocenters. The smallest absolute Gasteiger partial charge is 0.252 e. The van der Waals surface area contributed by atoms with Gasteiger partial charge in [0.05, 0.1) is 0 Å². The van der Waals surface area contributed by atoms with Crippen molar-refractivity contribution in [2.24, 2.45) is 0 Å². The van der Waals surface area contributed by atoms with Gasteiger partial charge in [-0.1, -0.05) is 84.9 Å². The Balaban J connectivity index is 0.000000194. The minimum atomic E-state index is -0.123. The molecule has 5 aromatic rings. The third-order valence-electron chi connectivity index (χ3n) is 9.08. The van der Waals surface area contributed by atoms with E-state index in [1.54, 1.807) is 12.3 Å². The summed E-state index contributed by atoms with van der Waals surface area (Å²) in [5.74, 6) is 0.325. The van der Waals surface area contributed by atoms with Gasteiger partial charge in [0.2, 0.25) is 11.5 Å². The molecular weight excluding hydrogens is 624 g/mol. The van der Waals surface area contributed by atoms with E-state index in [1.807, 2.05) is 107 Å². The number of hydrogen-bond donors (Lipinski definition) is 4. The number of hydrogen-bond acceptors (Lipinski definition) is 4. The van der Waals surface area contributed by atoms with Crippen LogP contribution in [0.1, 0.15) is 78.4 Å². The van der Waals surface area contributed by atoms with E-state index in [0.717, 1.165) is 68.6 Å². The van der Waals surface area contributed by atoms with Gasteiger partial charge in [0, 0.05) is 49.4 Å². The Labute approximate surface area is 293 Å². The number of amides is 3. The normalized spacial score (nSPS) is 13.8. The average Bonchev–Trinajstić information content (AvgIpc) is 3.10. The Kier molecular flexibility index (Phi) is 11.8. The fraction of sp³-hybridized carbons (Fsp3) is 0.238. The van der Waals surface area contributed by atoms with Crippen LogP contribution in [0.4, 0.5) is 0 Å². The number of benzene rings is 4. The maximum atomic E-state index is 12.5. The largest absolute Gasteiger partial charge is 0.356 e. The average molecular weight is 669 g/mol. The molecule has 1 unspecified atom stereocenters. The van der Waals surface area contributed by atoms with Crippen LogP contribution in [-0.4, -0.2) is 29.3 Å². The van der Waals surface area contributed by atoms with Crippen LogP contribution in [-0.2, 0) is 17.9 Å². The zero-order valence-corrected chi connectivity index (χ0v) is 29.1. The number of nitrogens with one attached hydrogen (secondary N) is 4. The summed E-state index contributed by atoms with van der Waals surface area (Å²) in [5.41, 5.74) is 10.4. The first kappa shape index (κ1) is 35.5. The van der Waals surface area contributed by atoms with Crippen molar-refractivity contribution in [3.63, 3.8) is 0 Å². The number of pyridine rings is 1. The lowest BCUT2D eigenvalue weighted by molar-refractivity contribution is -0.122. The number of aromatic amines is 1. The molecule has 0 radical (unpaired) electrons. The molecule has 6 rings (SSSR count). The van der Waals surface area contributed by atoms with E-state index >= 15 is 0 Å². The van der Waals surface area contributed by atoms with Crippen LogP contribution in [0.2, 0.25) is 0 Å². The molecule has 0 aliphatic carbocycles. The first-order valence-electron chi connectivity index (χ1n) is 16.9. The van der Waals surface area contributed by atoms with E-state index in [9.17, 15) is 19.2 Å². The highest BCUT2D eigenvalue weighted by atomic mass is 16.2. The summed E-state index contributed by atoms with van der Waals surface area (Å²) < 4.78 is 0. The van der Waals surface area contributed by atoms with Gasteiger partial charge < -0.3 is 20.9 Å². The van der Waals surface area contributed by atoms with Gasteiger partial charge in [-0.15, -0.1) is 0 Å². The number of carbonyl (C=O) groups is 3. The molecule has 8 heteroatoms. The molecular formula is C42H44N4O4. The summed E-state index contributed by atoms with van der Waals surface area (Å²) in [6.07, 6.45) is 3.17. The van der Waals surface area contributed by atoms with Crippen LogP contribution in [0.25, 0.3) is 11.1 Å².